The molecule has 0 radical (unpaired) electrons. The van der Waals surface area contributed by atoms with Gasteiger partial charge in [0.05, 0.1) is 18.6 Å². The van der Waals surface area contributed by atoms with E-state index in [1.165, 1.54) is 7.11 Å². The Bertz CT molecular complexity index is 973. The molecule has 0 aromatic heterocycles. The third-order valence-corrected chi connectivity index (χ3v) is 6.51. The molecule has 0 bridgehead atoms. The summed E-state index contributed by atoms with van der Waals surface area (Å²) in [7, 11) is 1.51. The van der Waals surface area contributed by atoms with E-state index >= 15 is 0 Å². The number of hydrogen-bond acceptors (Lipinski definition) is 4. The number of ether oxygens (including phenoxy) is 1. The van der Waals surface area contributed by atoms with Crippen LogP contribution in [0, 0.1) is 0 Å². The molecule has 30 heavy (non-hydrogen) atoms. The summed E-state index contributed by atoms with van der Waals surface area (Å²) < 4.78 is 5.08. The predicted molar refractivity (Wildman–Crippen MR) is 115 cm³/mol. The number of methoxy groups -OCH3 is 1. The molecule has 158 valence electrons. The Morgan fingerprint density at radius 3 is 2.83 bits per heavy atom. The summed E-state index contributed by atoms with van der Waals surface area (Å²) in [5, 5.41) is 13.0. The van der Waals surface area contributed by atoms with Crippen LogP contribution in [-0.2, 0) is 21.4 Å². The molecule has 1 saturated heterocycles. The normalized spacial score (nSPS) is 22.3. The van der Waals surface area contributed by atoms with Crippen molar-refractivity contribution in [2.45, 2.75) is 50.5 Å². The van der Waals surface area contributed by atoms with E-state index < -0.39 is 5.41 Å². The fourth-order valence-corrected chi connectivity index (χ4v) is 5.06. The van der Waals surface area contributed by atoms with Crippen molar-refractivity contribution < 1.29 is 19.4 Å². The van der Waals surface area contributed by atoms with Crippen LogP contribution in [0.3, 0.4) is 0 Å². The topological polar surface area (TPSA) is 78.9 Å². The lowest BCUT2D eigenvalue weighted by atomic mass is 9.73. The number of nitrogens with one attached hydrogen (secondary N) is 1. The molecule has 6 heteroatoms. The average Bonchev–Trinajstić information content (AvgIpc) is 3.26. The molecule has 2 N–H and O–H groups in total. The Labute approximate surface area is 176 Å². The summed E-state index contributed by atoms with van der Waals surface area (Å²) in [6.45, 7) is 2.67. The largest absolute Gasteiger partial charge is 0.504 e. The van der Waals surface area contributed by atoms with Gasteiger partial charge in [-0.1, -0.05) is 37.6 Å². The van der Waals surface area contributed by atoms with Crippen LogP contribution in [-0.4, -0.2) is 41.5 Å². The van der Waals surface area contributed by atoms with Crippen LogP contribution >= 0.6 is 0 Å². The fourth-order valence-electron chi connectivity index (χ4n) is 5.06. The van der Waals surface area contributed by atoms with Gasteiger partial charge in [-0.15, -0.1) is 0 Å². The van der Waals surface area contributed by atoms with E-state index in [9.17, 15) is 14.7 Å². The molecule has 0 saturated carbocycles. The SMILES string of the molecule is CCC[C@@H]1N(C(=O)CCc2ccc(OC)c(O)c2)CC[C@@]12C(=O)Nc1ccccc12. The van der Waals surface area contributed by atoms with Gasteiger partial charge in [0.2, 0.25) is 11.8 Å². The molecule has 4 rings (SSSR count). The monoisotopic (exact) mass is 408 g/mol. The van der Waals surface area contributed by atoms with Crippen LogP contribution < -0.4 is 10.1 Å². The van der Waals surface area contributed by atoms with Crippen LogP contribution in [0.4, 0.5) is 5.69 Å². The van der Waals surface area contributed by atoms with Crippen molar-refractivity contribution in [2.75, 3.05) is 19.0 Å². The number of aromatic hydroxyl groups is 1. The number of likely N-dealkylation sites (tertiary alicyclic amines) is 1. The highest BCUT2D eigenvalue weighted by Crippen LogP contribution is 2.49. The number of para-hydroxylation sites is 1. The van der Waals surface area contributed by atoms with E-state index in [1.54, 1.807) is 12.1 Å². The zero-order valence-corrected chi connectivity index (χ0v) is 17.5. The van der Waals surface area contributed by atoms with Crippen molar-refractivity contribution in [1.82, 2.24) is 4.90 Å². The number of phenolic OH excluding ortho intramolecular Hbond substituents is 1. The minimum atomic E-state index is -0.652. The van der Waals surface area contributed by atoms with Crippen molar-refractivity contribution in [3.63, 3.8) is 0 Å². The molecular weight excluding hydrogens is 380 g/mol. The number of aryl methyl sites for hydroxylation is 1. The number of hydrogen-bond donors (Lipinski definition) is 2. The van der Waals surface area contributed by atoms with E-state index in [1.807, 2.05) is 35.2 Å². The average molecular weight is 408 g/mol. The van der Waals surface area contributed by atoms with Crippen LogP contribution in [0.5, 0.6) is 11.5 Å². The number of anilines is 1. The van der Waals surface area contributed by atoms with Gasteiger partial charge < -0.3 is 20.1 Å². The van der Waals surface area contributed by atoms with Crippen LogP contribution in [0.1, 0.15) is 43.7 Å². The number of fused-ring (bicyclic) bond motifs is 2. The molecular formula is C24H28N2O4. The first-order chi connectivity index (χ1) is 14.5. The van der Waals surface area contributed by atoms with E-state index in [-0.39, 0.29) is 23.6 Å². The summed E-state index contributed by atoms with van der Waals surface area (Å²) in [5.74, 6) is 0.557. The quantitative estimate of drug-likeness (QED) is 0.765. The molecule has 2 aromatic rings. The van der Waals surface area contributed by atoms with Crippen molar-refractivity contribution in [3.05, 3.63) is 53.6 Å². The summed E-state index contributed by atoms with van der Waals surface area (Å²) in [6.07, 6.45) is 3.21. The second-order valence-electron chi connectivity index (χ2n) is 8.12. The van der Waals surface area contributed by atoms with Gasteiger partial charge in [0.1, 0.15) is 0 Å². The van der Waals surface area contributed by atoms with Crippen molar-refractivity contribution in [3.8, 4) is 11.5 Å². The van der Waals surface area contributed by atoms with Crippen LogP contribution in [0.25, 0.3) is 0 Å². The number of carbonyl (C=O) groups is 2. The summed E-state index contributed by atoms with van der Waals surface area (Å²) >= 11 is 0. The predicted octanol–water partition coefficient (Wildman–Crippen LogP) is 3.62. The second-order valence-corrected chi connectivity index (χ2v) is 8.12. The van der Waals surface area contributed by atoms with E-state index in [4.69, 9.17) is 4.74 Å². The summed E-state index contributed by atoms with van der Waals surface area (Å²) in [6, 6.07) is 12.9. The molecule has 6 nitrogen and oxygen atoms in total. The second kappa shape index (κ2) is 8.01. The van der Waals surface area contributed by atoms with Gasteiger partial charge >= 0.3 is 0 Å². The van der Waals surface area contributed by atoms with E-state index in [0.29, 0.717) is 31.6 Å². The van der Waals surface area contributed by atoms with Gasteiger partial charge in [0, 0.05) is 18.7 Å². The highest BCUT2D eigenvalue weighted by Gasteiger charge is 2.58. The molecule has 1 spiro atoms. The molecule has 2 aliphatic heterocycles. The number of nitrogens with zero attached hydrogens (tertiary/aromatic N) is 1. The Balaban J connectivity index is 1.54. The standard InChI is InChI=1S/C24H28N2O4/c1-3-6-21-24(17-7-4-5-8-18(17)25-23(24)29)13-14-26(21)22(28)12-10-16-9-11-20(30-2)19(27)15-16/h4-5,7-9,11,15,21,27H,3,6,10,12-14H2,1-2H3,(H,25,29)/t21-,24-/m0/s1. The number of phenols is 1. The van der Waals surface area contributed by atoms with Crippen molar-refractivity contribution >= 4 is 17.5 Å². The number of benzene rings is 2. The maximum Gasteiger partial charge on any atom is 0.237 e. The Morgan fingerprint density at radius 1 is 1.30 bits per heavy atom. The molecule has 2 heterocycles. The van der Waals surface area contributed by atoms with Crippen molar-refractivity contribution in [2.24, 2.45) is 0 Å². The number of rotatable bonds is 6. The first-order valence-electron chi connectivity index (χ1n) is 10.6. The van der Waals surface area contributed by atoms with E-state index in [0.717, 1.165) is 29.7 Å². The van der Waals surface area contributed by atoms with Gasteiger partial charge in [-0.25, -0.2) is 0 Å². The molecule has 0 aliphatic carbocycles. The van der Waals surface area contributed by atoms with E-state index in [2.05, 4.69) is 12.2 Å². The summed E-state index contributed by atoms with van der Waals surface area (Å²) in [4.78, 5) is 28.2. The van der Waals surface area contributed by atoms with Gasteiger partial charge in [0.25, 0.3) is 0 Å². The fraction of sp³-hybridized carbons (Fsp3) is 0.417. The smallest absolute Gasteiger partial charge is 0.237 e. The lowest BCUT2D eigenvalue weighted by Crippen LogP contribution is -2.48. The van der Waals surface area contributed by atoms with Gasteiger partial charge in [0.15, 0.2) is 11.5 Å². The van der Waals surface area contributed by atoms with Crippen molar-refractivity contribution in [1.29, 1.82) is 0 Å². The third-order valence-electron chi connectivity index (χ3n) is 6.51. The Hall–Kier alpha value is -3.02. The molecule has 2 aliphatic rings. The third kappa shape index (κ3) is 3.20. The molecule has 2 amide bonds. The molecule has 1 fully saturated rings. The minimum absolute atomic E-state index is 0.0116. The van der Waals surface area contributed by atoms with Gasteiger partial charge in [-0.05, 0) is 48.6 Å². The lowest BCUT2D eigenvalue weighted by Gasteiger charge is -2.34. The first kappa shape index (κ1) is 20.3. The van der Waals surface area contributed by atoms with Crippen LogP contribution in [0.15, 0.2) is 42.5 Å². The van der Waals surface area contributed by atoms with Crippen LogP contribution in [0.2, 0.25) is 0 Å². The Morgan fingerprint density at radius 2 is 2.10 bits per heavy atom. The lowest BCUT2D eigenvalue weighted by molar-refractivity contribution is -0.133. The molecule has 2 aromatic carbocycles. The zero-order chi connectivity index (χ0) is 21.3. The highest BCUT2D eigenvalue weighted by molar-refractivity contribution is 6.07. The van der Waals surface area contributed by atoms with Gasteiger partial charge in [-0.3, -0.25) is 9.59 Å². The van der Waals surface area contributed by atoms with Gasteiger partial charge in [-0.2, -0.15) is 0 Å². The number of amides is 2. The maximum absolute atomic E-state index is 13.2. The minimum Gasteiger partial charge on any atom is -0.504 e. The number of carbonyl (C=O) groups excluding carboxylic acids is 2. The maximum atomic E-state index is 13.2. The Kier molecular flexibility index (Phi) is 5.41. The molecule has 0 unspecified atom stereocenters. The summed E-state index contributed by atoms with van der Waals surface area (Å²) in [5.41, 5.74) is 2.11. The highest BCUT2D eigenvalue weighted by atomic mass is 16.5. The first-order valence-corrected chi connectivity index (χ1v) is 10.6. The zero-order valence-electron chi connectivity index (χ0n) is 17.5. The molecule has 2 atom stereocenters.